The predicted octanol–water partition coefficient (Wildman–Crippen LogP) is -0.699. The van der Waals surface area contributed by atoms with E-state index in [0.29, 0.717) is 6.42 Å². The van der Waals surface area contributed by atoms with E-state index in [4.69, 9.17) is 0 Å². The molecule has 19 heavy (non-hydrogen) atoms. The summed E-state index contributed by atoms with van der Waals surface area (Å²) in [5, 5.41) is 2.80. The first-order valence-electron chi connectivity index (χ1n) is 6.64. The number of hydrogen-bond acceptors (Lipinski definition) is 4. The second-order valence-electron chi connectivity index (χ2n) is 6.01. The topological polar surface area (TPSA) is 83.6 Å². The average molecular weight is 286 g/mol. The maximum Gasteiger partial charge on any atom is 0.249 e. The molecule has 6 nitrogen and oxygen atoms in total. The van der Waals surface area contributed by atoms with E-state index in [2.05, 4.69) is 5.32 Å². The molecule has 2 heterocycles. The van der Waals surface area contributed by atoms with Crippen molar-refractivity contribution < 1.29 is 18.0 Å². The van der Waals surface area contributed by atoms with E-state index in [0.717, 1.165) is 12.8 Å². The molecule has 0 radical (unpaired) electrons. The summed E-state index contributed by atoms with van der Waals surface area (Å²) in [7, 11) is -3.05. The van der Waals surface area contributed by atoms with Gasteiger partial charge in [0.2, 0.25) is 11.8 Å². The first-order chi connectivity index (χ1) is 8.82. The van der Waals surface area contributed by atoms with Gasteiger partial charge < -0.3 is 10.2 Å². The van der Waals surface area contributed by atoms with Gasteiger partial charge >= 0.3 is 0 Å². The van der Waals surface area contributed by atoms with Crippen LogP contribution < -0.4 is 5.32 Å². The van der Waals surface area contributed by atoms with Crippen LogP contribution in [-0.2, 0) is 19.4 Å². The molecule has 3 rings (SSSR count). The Kier molecular flexibility index (Phi) is 2.68. The van der Waals surface area contributed by atoms with E-state index >= 15 is 0 Å². The Morgan fingerprint density at radius 1 is 1.26 bits per heavy atom. The quantitative estimate of drug-likeness (QED) is 0.727. The van der Waals surface area contributed by atoms with Gasteiger partial charge in [0.1, 0.15) is 5.54 Å². The number of piperazine rings is 1. The van der Waals surface area contributed by atoms with E-state index in [1.165, 1.54) is 4.90 Å². The minimum absolute atomic E-state index is 0.00718. The first-order valence-corrected chi connectivity index (χ1v) is 8.46. The Labute approximate surface area is 112 Å². The Morgan fingerprint density at radius 3 is 2.47 bits per heavy atom. The van der Waals surface area contributed by atoms with Gasteiger partial charge in [-0.2, -0.15) is 0 Å². The molecule has 1 N–H and O–H groups in total. The summed E-state index contributed by atoms with van der Waals surface area (Å²) in [6.07, 6.45) is 2.33. The van der Waals surface area contributed by atoms with Crippen LogP contribution >= 0.6 is 0 Å². The number of amides is 2. The van der Waals surface area contributed by atoms with Crippen molar-refractivity contribution in [2.45, 2.75) is 37.8 Å². The van der Waals surface area contributed by atoms with Crippen LogP contribution in [-0.4, -0.2) is 54.8 Å². The smallest absolute Gasteiger partial charge is 0.249 e. The van der Waals surface area contributed by atoms with Crippen LogP contribution in [0.3, 0.4) is 0 Å². The van der Waals surface area contributed by atoms with Gasteiger partial charge in [-0.05, 0) is 32.1 Å². The van der Waals surface area contributed by atoms with E-state index in [-0.39, 0.29) is 41.8 Å². The van der Waals surface area contributed by atoms with Crippen LogP contribution in [0.4, 0.5) is 0 Å². The minimum Gasteiger partial charge on any atom is -0.340 e. The zero-order chi connectivity index (χ0) is 13.8. The van der Waals surface area contributed by atoms with Crippen molar-refractivity contribution in [3.63, 3.8) is 0 Å². The molecule has 2 aliphatic heterocycles. The molecule has 2 amide bonds. The van der Waals surface area contributed by atoms with Crippen molar-refractivity contribution in [3.05, 3.63) is 0 Å². The van der Waals surface area contributed by atoms with Crippen molar-refractivity contribution in [2.24, 2.45) is 5.92 Å². The van der Waals surface area contributed by atoms with Crippen molar-refractivity contribution in [3.8, 4) is 0 Å². The second-order valence-corrected chi connectivity index (χ2v) is 8.24. The van der Waals surface area contributed by atoms with Crippen LogP contribution in [0.5, 0.6) is 0 Å². The summed E-state index contributed by atoms with van der Waals surface area (Å²) in [5.41, 5.74) is -0.832. The number of sulfone groups is 1. The monoisotopic (exact) mass is 286 g/mol. The van der Waals surface area contributed by atoms with Gasteiger partial charge in [-0.25, -0.2) is 8.42 Å². The van der Waals surface area contributed by atoms with Crippen LogP contribution in [0.25, 0.3) is 0 Å². The standard InChI is InChI=1S/C12H18N2O4S/c1-12(8-2-3-8)11(16)14(6-10(15)13-12)9-4-5-19(17,18)7-9/h8-9H,2-7H2,1H3,(H,13,15). The highest BCUT2D eigenvalue weighted by molar-refractivity contribution is 7.91. The Morgan fingerprint density at radius 2 is 1.95 bits per heavy atom. The molecule has 0 spiro atoms. The molecule has 0 aromatic rings. The third-order valence-corrected chi connectivity index (χ3v) is 6.21. The van der Waals surface area contributed by atoms with Crippen LogP contribution in [0, 0.1) is 5.92 Å². The third-order valence-electron chi connectivity index (χ3n) is 4.46. The lowest BCUT2D eigenvalue weighted by atomic mass is 9.90. The first kappa shape index (κ1) is 12.9. The van der Waals surface area contributed by atoms with Crippen LogP contribution in [0.2, 0.25) is 0 Å². The Balaban J connectivity index is 1.85. The van der Waals surface area contributed by atoms with Gasteiger partial charge in [0.25, 0.3) is 0 Å². The Hall–Kier alpha value is -1.11. The predicted molar refractivity (Wildman–Crippen MR) is 68.0 cm³/mol. The molecule has 1 saturated carbocycles. The van der Waals surface area contributed by atoms with E-state index < -0.39 is 15.4 Å². The number of carbonyl (C=O) groups is 2. The lowest BCUT2D eigenvalue weighted by Crippen LogP contribution is -2.68. The molecule has 7 heteroatoms. The molecular formula is C12H18N2O4S. The number of hydrogen-bond donors (Lipinski definition) is 1. The molecule has 2 atom stereocenters. The van der Waals surface area contributed by atoms with Gasteiger partial charge in [-0.15, -0.1) is 0 Å². The van der Waals surface area contributed by atoms with Crippen molar-refractivity contribution in [1.82, 2.24) is 10.2 Å². The fourth-order valence-electron chi connectivity index (χ4n) is 3.16. The van der Waals surface area contributed by atoms with E-state index in [9.17, 15) is 18.0 Å². The van der Waals surface area contributed by atoms with Crippen molar-refractivity contribution in [2.75, 3.05) is 18.1 Å². The van der Waals surface area contributed by atoms with Gasteiger partial charge in [0.05, 0.1) is 18.1 Å². The van der Waals surface area contributed by atoms with Crippen molar-refractivity contribution in [1.29, 1.82) is 0 Å². The summed E-state index contributed by atoms with van der Waals surface area (Å²) in [4.78, 5) is 25.9. The fourth-order valence-corrected chi connectivity index (χ4v) is 4.89. The SMILES string of the molecule is CC1(C2CC2)NC(=O)CN(C2CCS(=O)(=O)C2)C1=O. The lowest BCUT2D eigenvalue weighted by Gasteiger charge is -2.42. The van der Waals surface area contributed by atoms with Crippen LogP contribution in [0.1, 0.15) is 26.2 Å². The van der Waals surface area contributed by atoms with Gasteiger partial charge in [0, 0.05) is 6.04 Å². The van der Waals surface area contributed by atoms with Crippen LogP contribution in [0.15, 0.2) is 0 Å². The maximum absolute atomic E-state index is 12.6. The summed E-state index contributed by atoms with van der Waals surface area (Å²) in [5.74, 6) is 0.00967. The normalized spacial score (nSPS) is 38.4. The molecular weight excluding hydrogens is 268 g/mol. The van der Waals surface area contributed by atoms with Gasteiger partial charge in [0.15, 0.2) is 9.84 Å². The summed E-state index contributed by atoms with van der Waals surface area (Å²) in [6.45, 7) is 1.75. The summed E-state index contributed by atoms with van der Waals surface area (Å²) < 4.78 is 23.1. The number of nitrogens with one attached hydrogen (secondary N) is 1. The molecule has 0 aromatic carbocycles. The fraction of sp³-hybridized carbons (Fsp3) is 0.833. The average Bonchev–Trinajstić information content (AvgIpc) is 3.09. The van der Waals surface area contributed by atoms with Gasteiger partial charge in [-0.1, -0.05) is 0 Å². The lowest BCUT2D eigenvalue weighted by molar-refractivity contribution is -0.152. The number of carbonyl (C=O) groups excluding carboxylic acids is 2. The largest absolute Gasteiger partial charge is 0.340 e. The summed E-state index contributed by atoms with van der Waals surface area (Å²) >= 11 is 0. The molecule has 2 saturated heterocycles. The molecule has 2 unspecified atom stereocenters. The molecule has 106 valence electrons. The molecule has 0 aromatic heterocycles. The highest BCUT2D eigenvalue weighted by Gasteiger charge is 2.54. The molecule has 0 bridgehead atoms. The third kappa shape index (κ3) is 2.13. The van der Waals surface area contributed by atoms with Crippen molar-refractivity contribution >= 4 is 21.7 Å². The second kappa shape index (κ2) is 3.94. The highest BCUT2D eigenvalue weighted by atomic mass is 32.2. The number of rotatable bonds is 2. The molecule has 1 aliphatic carbocycles. The zero-order valence-corrected chi connectivity index (χ0v) is 11.7. The number of nitrogens with zero attached hydrogens (tertiary/aromatic N) is 1. The van der Waals surface area contributed by atoms with E-state index in [1.807, 2.05) is 0 Å². The van der Waals surface area contributed by atoms with Gasteiger partial charge in [-0.3, -0.25) is 9.59 Å². The summed E-state index contributed by atoms with van der Waals surface area (Å²) in [6, 6.07) is -0.332. The highest BCUT2D eigenvalue weighted by Crippen LogP contribution is 2.42. The Bertz CT molecular complexity index is 540. The van der Waals surface area contributed by atoms with E-state index in [1.54, 1.807) is 6.92 Å². The zero-order valence-electron chi connectivity index (χ0n) is 10.9. The molecule has 3 fully saturated rings. The molecule has 3 aliphatic rings. The maximum atomic E-state index is 12.6. The minimum atomic E-state index is -3.05.